The van der Waals surface area contributed by atoms with E-state index < -0.39 is 36.5 Å². The van der Waals surface area contributed by atoms with Gasteiger partial charge in [0.05, 0.1) is 82.9 Å². The van der Waals surface area contributed by atoms with Crippen LogP contribution in [-0.2, 0) is 59.3 Å². The molecule has 432 valence electrons. The van der Waals surface area contributed by atoms with Crippen LogP contribution in [0, 0.1) is 5.92 Å². The van der Waals surface area contributed by atoms with E-state index in [2.05, 4.69) is 22.9 Å². The fourth-order valence-electron chi connectivity index (χ4n) is 8.57. The van der Waals surface area contributed by atoms with Gasteiger partial charge in [0.1, 0.15) is 24.8 Å². The molecule has 1 aliphatic heterocycles. The number of hydrogen-bond acceptors (Lipinski definition) is 17. The Morgan fingerprint density at radius 1 is 0.740 bits per heavy atom. The smallest absolute Gasteiger partial charge is 0.317 e. The number of allylic oxidation sites excluding steroid dienone is 1. The molecule has 0 spiro atoms. The fourth-order valence-corrected chi connectivity index (χ4v) is 8.57. The van der Waals surface area contributed by atoms with Crippen molar-refractivity contribution in [3.8, 4) is 11.5 Å². The summed E-state index contributed by atoms with van der Waals surface area (Å²) in [6.07, 6.45) is 10.3. The first-order valence-corrected chi connectivity index (χ1v) is 25.5. The quantitative estimate of drug-likeness (QED) is 0.0272. The van der Waals surface area contributed by atoms with E-state index in [9.17, 15) is 49.2 Å². The van der Waals surface area contributed by atoms with E-state index in [-0.39, 0.29) is 148 Å². The van der Waals surface area contributed by atoms with Crippen molar-refractivity contribution in [2.45, 2.75) is 65.2 Å². The van der Waals surface area contributed by atoms with E-state index in [1.807, 2.05) is 18.7 Å². The largest absolute Gasteiger partial charge is 0.496 e. The summed E-state index contributed by atoms with van der Waals surface area (Å²) in [5, 5.41) is 45.3. The minimum absolute atomic E-state index is 0. The molecule has 0 bridgehead atoms. The fraction of sp³-hybridized carbons (Fsp3) is 0.596. The summed E-state index contributed by atoms with van der Waals surface area (Å²) in [5.41, 5.74) is 8.30. The third-order valence-corrected chi connectivity index (χ3v) is 12.4. The van der Waals surface area contributed by atoms with Gasteiger partial charge in [-0.3, -0.25) is 48.4 Å². The molecular weight excluding hydrogens is 1170 g/mol. The molecule has 2 fully saturated rings. The number of nitrogens with zero attached hydrogens (tertiary/aromatic N) is 5. The first kappa shape index (κ1) is 69.5. The third-order valence-electron chi connectivity index (χ3n) is 12.4. The van der Waals surface area contributed by atoms with Crippen LogP contribution in [0.25, 0.3) is 0 Å². The van der Waals surface area contributed by atoms with Crippen LogP contribution in [0.1, 0.15) is 76.3 Å². The van der Waals surface area contributed by atoms with Crippen molar-refractivity contribution in [3.63, 3.8) is 0 Å². The van der Waals surface area contributed by atoms with E-state index in [0.717, 1.165) is 11.5 Å². The Labute approximate surface area is 466 Å². The van der Waals surface area contributed by atoms with Crippen molar-refractivity contribution in [3.05, 3.63) is 59.3 Å². The number of nitrogens with two attached hydrogens (primary N) is 1. The average Bonchev–Trinajstić information content (AvgIpc) is 3.88. The van der Waals surface area contributed by atoms with Crippen LogP contribution in [0.2, 0.25) is 0 Å². The summed E-state index contributed by atoms with van der Waals surface area (Å²) in [6, 6.07) is 10.3. The Morgan fingerprint density at radius 3 is 1.71 bits per heavy atom. The summed E-state index contributed by atoms with van der Waals surface area (Å²) in [6.45, 7) is 7.33. The molecule has 0 atom stereocenters. The molecule has 3 amide bonds. The van der Waals surface area contributed by atoms with Gasteiger partial charge in [0.2, 0.25) is 11.8 Å². The number of rotatable bonds is 27. The number of carbonyl (C=O) groups excluding carboxylic acids is 3. The number of carboxylic acids is 3. The second kappa shape index (κ2) is 38.9. The first-order valence-electron chi connectivity index (χ1n) is 25.5. The maximum Gasteiger partial charge on any atom is 0.317 e. The number of ether oxygens (including phenoxy) is 4. The molecule has 2 aliphatic rings. The van der Waals surface area contributed by atoms with Crippen molar-refractivity contribution < 1.29 is 94.7 Å². The van der Waals surface area contributed by atoms with Gasteiger partial charge in [0, 0.05) is 85.7 Å². The normalized spacial score (nSPS) is 15.6. The second-order valence-corrected chi connectivity index (χ2v) is 18.5. The van der Waals surface area contributed by atoms with E-state index in [0.29, 0.717) is 41.5 Å². The second-order valence-electron chi connectivity index (χ2n) is 18.5. The molecule has 1 saturated carbocycles. The van der Waals surface area contributed by atoms with Gasteiger partial charge < -0.3 is 66.5 Å². The Bertz CT molecular complexity index is 2140. The average molecular weight is 1260 g/mol. The number of carbonyl (C=O) groups is 6. The molecule has 4 rings (SSSR count). The maximum absolute atomic E-state index is 12.9. The van der Waals surface area contributed by atoms with Gasteiger partial charge in [-0.05, 0) is 53.8 Å². The number of amides is 3. The van der Waals surface area contributed by atoms with E-state index >= 15 is 0 Å². The zero-order valence-electron chi connectivity index (χ0n) is 45.3. The molecule has 1 saturated heterocycles. The minimum Gasteiger partial charge on any atom is -0.496 e. The van der Waals surface area contributed by atoms with Crippen molar-refractivity contribution in [1.29, 1.82) is 0 Å². The van der Waals surface area contributed by atoms with E-state index in [1.165, 1.54) is 58.8 Å². The van der Waals surface area contributed by atoms with Crippen LogP contribution in [0.4, 0.5) is 11.4 Å². The molecule has 11 N–H and O–H groups in total. The number of carboxylic acid groups (broad SMARTS) is 3. The summed E-state index contributed by atoms with van der Waals surface area (Å²) in [5.74, 6) is -2.70. The van der Waals surface area contributed by atoms with Crippen LogP contribution in [0.5, 0.6) is 11.5 Å². The monoisotopic (exact) mass is 1260 g/mol. The van der Waals surface area contributed by atoms with Crippen molar-refractivity contribution >= 4 is 52.7 Å². The molecule has 0 radical (unpaired) electrons. The zero-order chi connectivity index (χ0) is 55.1. The number of aliphatic hydroxyl groups excluding tert-OH is 1. The summed E-state index contributed by atoms with van der Waals surface area (Å²) in [7, 11) is 2.97. The minimum atomic E-state index is -1.04. The van der Waals surface area contributed by atoms with Crippen LogP contribution in [0.15, 0.2) is 53.2 Å². The predicted molar refractivity (Wildman–Crippen MR) is 286 cm³/mol. The number of benzene rings is 2. The number of hydrogen-bond donors (Lipinski definition) is 8. The van der Waals surface area contributed by atoms with Crippen molar-refractivity contribution in [2.75, 3.05) is 138 Å². The van der Waals surface area contributed by atoms with Crippen molar-refractivity contribution in [2.24, 2.45) is 16.6 Å². The number of aliphatic imine (C=N–C) groups is 1. The van der Waals surface area contributed by atoms with Crippen LogP contribution in [0.3, 0.4) is 0 Å². The van der Waals surface area contributed by atoms with Crippen LogP contribution >= 0.6 is 0 Å². The van der Waals surface area contributed by atoms with Crippen molar-refractivity contribution in [1.82, 2.24) is 30.2 Å². The Balaban J connectivity index is 0.00000270. The van der Waals surface area contributed by atoms with Crippen LogP contribution < -0.4 is 31.2 Å². The predicted octanol–water partition coefficient (Wildman–Crippen LogP) is 1.57. The van der Waals surface area contributed by atoms with E-state index in [1.54, 1.807) is 51.1 Å². The molecular formula is C52H83N9O15W. The molecule has 2 aromatic carbocycles. The Hall–Kier alpha value is -5.56. The molecule has 25 heteroatoms. The third kappa shape index (κ3) is 27.5. The number of aliphatic carboxylic acids is 3. The number of aliphatic hydroxyl groups is 1. The van der Waals surface area contributed by atoms with Gasteiger partial charge >= 0.3 is 17.9 Å². The van der Waals surface area contributed by atoms with Gasteiger partial charge in [0.15, 0.2) is 0 Å². The standard InChI is InChI=1S/C44H65N9O14.C8H16.H2O.W/c1-30(2)32-22-31(8-9-34(32)49-35(23-33(45)44(63)47-29-54)43-36(64-3)6-5-7-37(43)65-4)48-39(56)28-67-21-20-66-19-10-46-38(55)24-50-11-13-51(25-40(57)58)15-17-53(27-42(61)62)18-16-52(14-12-50)26-41(59)60;1-2-5-8-6-3-4-7-8;;/h5-9,22-23,30,54H,10-21,24-29,45H2,1-4H3,(H,46,55)(H,47,63)(H,48,56)(H,57,58)(H,59,60)(H,61,62);8H,2-7H2,1H3;1H2;/b33-23-,49-35?;;;. The zero-order valence-corrected chi connectivity index (χ0v) is 48.2. The number of nitrogens with one attached hydrogen (secondary N) is 3. The molecule has 0 aromatic heterocycles. The van der Waals surface area contributed by atoms with Gasteiger partial charge in [-0.15, -0.1) is 0 Å². The first-order chi connectivity index (χ1) is 36.0. The number of methoxy groups -OCH3 is 2. The van der Waals surface area contributed by atoms with E-state index in [4.69, 9.17) is 29.7 Å². The van der Waals surface area contributed by atoms with Gasteiger partial charge in [-0.2, -0.15) is 0 Å². The molecule has 1 heterocycles. The SMILES string of the molecule is CCCC1CCCC1.COc1cccc(OC)c1C(/C=C(\N)C(=O)NCO)=Nc1ccc(NC(=O)COCCOCCNC(=O)CN2CCN(CC(=O)O)CCN(CC(=O)O)CCN(CC(=O)O)CC2)cc1C(C)C.O.[W]. The topological polar surface area (TPSA) is 339 Å². The Kier molecular flexibility index (Phi) is 35.1. The molecule has 2 aromatic rings. The van der Waals surface area contributed by atoms with Gasteiger partial charge in [-0.1, -0.05) is 65.4 Å². The Morgan fingerprint density at radius 2 is 1.25 bits per heavy atom. The summed E-state index contributed by atoms with van der Waals surface area (Å²) in [4.78, 5) is 84.4. The summed E-state index contributed by atoms with van der Waals surface area (Å²) < 4.78 is 22.3. The molecule has 77 heavy (non-hydrogen) atoms. The number of anilines is 1. The van der Waals surface area contributed by atoms with Gasteiger partial charge in [-0.25, -0.2) is 4.99 Å². The molecule has 0 unspecified atom stereocenters. The van der Waals surface area contributed by atoms with Gasteiger partial charge in [0.25, 0.3) is 5.91 Å². The maximum atomic E-state index is 12.9. The molecule has 1 aliphatic carbocycles. The van der Waals surface area contributed by atoms with Crippen LogP contribution in [-0.4, -0.2) is 219 Å². The summed E-state index contributed by atoms with van der Waals surface area (Å²) >= 11 is 0. The molecule has 24 nitrogen and oxygen atoms in total.